The molecular weight excluding hydrogens is 262 g/mol. The minimum Gasteiger partial charge on any atom is -0.306 e. The molecule has 1 unspecified atom stereocenters. The van der Waals surface area contributed by atoms with Crippen LogP contribution in [0.2, 0.25) is 0 Å². The minimum absolute atomic E-state index is 0.813. The summed E-state index contributed by atoms with van der Waals surface area (Å²) in [7, 11) is 2.30. The van der Waals surface area contributed by atoms with E-state index in [2.05, 4.69) is 41.7 Å². The maximum atomic E-state index is 3.67. The van der Waals surface area contributed by atoms with Crippen molar-refractivity contribution < 1.29 is 0 Å². The van der Waals surface area contributed by atoms with Crippen LogP contribution in [0.25, 0.3) is 0 Å². The Morgan fingerprint density at radius 2 is 2.00 bits per heavy atom. The van der Waals surface area contributed by atoms with Crippen LogP contribution in [0.4, 0.5) is 0 Å². The van der Waals surface area contributed by atoms with Gasteiger partial charge in [0, 0.05) is 17.9 Å². The number of hydrogen-bond acceptors (Lipinski definition) is 1. The van der Waals surface area contributed by atoms with Crippen molar-refractivity contribution in [1.29, 1.82) is 0 Å². The van der Waals surface area contributed by atoms with Crippen molar-refractivity contribution in [2.45, 2.75) is 57.2 Å². The Morgan fingerprint density at radius 1 is 1.31 bits per heavy atom. The molecule has 0 aromatic carbocycles. The molecule has 2 heteroatoms. The van der Waals surface area contributed by atoms with E-state index in [-0.39, 0.29) is 0 Å². The highest BCUT2D eigenvalue weighted by Crippen LogP contribution is 2.33. The van der Waals surface area contributed by atoms with E-state index >= 15 is 0 Å². The van der Waals surface area contributed by atoms with Gasteiger partial charge in [0.05, 0.1) is 0 Å². The minimum atomic E-state index is 0.813. The first kappa shape index (κ1) is 14.5. The van der Waals surface area contributed by atoms with Crippen LogP contribution in [0, 0.1) is 11.8 Å². The van der Waals surface area contributed by atoms with Gasteiger partial charge in [-0.05, 0) is 38.1 Å². The largest absolute Gasteiger partial charge is 0.306 e. The molecule has 96 valence electrons. The predicted molar refractivity (Wildman–Crippen MR) is 76.2 cm³/mol. The summed E-state index contributed by atoms with van der Waals surface area (Å²) in [4.78, 5) is 3.38. The lowest BCUT2D eigenvalue weighted by Crippen LogP contribution is -2.36. The van der Waals surface area contributed by atoms with Gasteiger partial charge in [-0.2, -0.15) is 0 Å². The molecule has 0 bridgehead atoms. The predicted octanol–water partition coefficient (Wildman–Crippen LogP) is 4.31. The van der Waals surface area contributed by atoms with Gasteiger partial charge in [0.2, 0.25) is 0 Å². The molecule has 0 radical (unpaired) electrons. The molecule has 0 amide bonds. The molecular formula is C14H28BrN. The molecule has 0 N–H and O–H groups in total. The summed E-state index contributed by atoms with van der Waals surface area (Å²) < 4.78 is 0. The highest BCUT2D eigenvalue weighted by Gasteiger charge is 2.27. The van der Waals surface area contributed by atoms with Gasteiger partial charge in [0.25, 0.3) is 0 Å². The van der Waals surface area contributed by atoms with Crippen LogP contribution in [0.3, 0.4) is 0 Å². The van der Waals surface area contributed by atoms with Crippen molar-refractivity contribution in [1.82, 2.24) is 4.90 Å². The van der Waals surface area contributed by atoms with E-state index in [1.807, 2.05) is 0 Å². The molecule has 0 aromatic rings. The fourth-order valence-electron chi connectivity index (χ4n) is 2.68. The monoisotopic (exact) mass is 289 g/mol. The number of nitrogens with zero attached hydrogens (tertiary/aromatic N) is 1. The smallest absolute Gasteiger partial charge is 0.0152 e. The molecule has 0 aromatic heterocycles. The van der Waals surface area contributed by atoms with E-state index in [1.54, 1.807) is 0 Å². The fourth-order valence-corrected chi connectivity index (χ4v) is 3.73. The van der Waals surface area contributed by atoms with Crippen LogP contribution in [0.15, 0.2) is 0 Å². The summed E-state index contributed by atoms with van der Waals surface area (Å²) in [5, 5.41) is 0. The van der Waals surface area contributed by atoms with Gasteiger partial charge >= 0.3 is 0 Å². The average molecular weight is 290 g/mol. The first-order valence-electron chi connectivity index (χ1n) is 6.98. The normalized spacial score (nSPS) is 26.8. The number of halogens is 1. The summed E-state index contributed by atoms with van der Waals surface area (Å²) in [5.41, 5.74) is 0. The Labute approximate surface area is 110 Å². The lowest BCUT2D eigenvalue weighted by molar-refractivity contribution is 0.185. The molecule has 1 nitrogen and oxygen atoms in total. The lowest BCUT2D eigenvalue weighted by Gasteiger charge is -2.35. The van der Waals surface area contributed by atoms with E-state index in [9.17, 15) is 0 Å². The SMILES string of the molecule is CCCCC(CC)CN(C)CC1CC(Br)C1. The summed E-state index contributed by atoms with van der Waals surface area (Å²) >= 11 is 3.67. The van der Waals surface area contributed by atoms with E-state index < -0.39 is 0 Å². The van der Waals surface area contributed by atoms with Crippen LogP contribution in [0.5, 0.6) is 0 Å². The molecule has 0 saturated heterocycles. The average Bonchev–Trinajstić information content (AvgIpc) is 2.22. The van der Waals surface area contributed by atoms with Crippen LogP contribution >= 0.6 is 15.9 Å². The zero-order valence-electron chi connectivity index (χ0n) is 11.2. The number of alkyl halides is 1. The first-order valence-corrected chi connectivity index (χ1v) is 7.89. The topological polar surface area (TPSA) is 3.24 Å². The number of hydrogen-bond donors (Lipinski definition) is 0. The molecule has 1 fully saturated rings. The summed E-state index contributed by atoms with van der Waals surface area (Å²) in [6.45, 7) is 7.25. The second-order valence-electron chi connectivity index (χ2n) is 5.57. The van der Waals surface area contributed by atoms with Crippen molar-refractivity contribution in [3.63, 3.8) is 0 Å². The van der Waals surface area contributed by atoms with Crippen molar-refractivity contribution in [3.05, 3.63) is 0 Å². The second-order valence-corrected chi connectivity index (χ2v) is 6.87. The van der Waals surface area contributed by atoms with Crippen LogP contribution in [-0.2, 0) is 0 Å². The van der Waals surface area contributed by atoms with Crippen LogP contribution < -0.4 is 0 Å². The molecule has 0 heterocycles. The van der Waals surface area contributed by atoms with Crippen molar-refractivity contribution in [3.8, 4) is 0 Å². The number of rotatable bonds is 8. The highest BCUT2D eigenvalue weighted by molar-refractivity contribution is 9.09. The lowest BCUT2D eigenvalue weighted by atomic mass is 9.84. The van der Waals surface area contributed by atoms with Crippen molar-refractivity contribution in [2.75, 3.05) is 20.1 Å². The first-order chi connectivity index (χ1) is 7.65. The molecule has 0 aliphatic heterocycles. The summed E-state index contributed by atoms with van der Waals surface area (Å²) in [5.74, 6) is 1.88. The standard InChI is InChI=1S/C14H28BrN/c1-4-6-7-12(5-2)10-16(3)11-13-8-14(15)9-13/h12-14H,4-11H2,1-3H3. The van der Waals surface area contributed by atoms with E-state index in [0.717, 1.165) is 16.7 Å². The van der Waals surface area contributed by atoms with Gasteiger partial charge in [0.1, 0.15) is 0 Å². The maximum absolute atomic E-state index is 3.67. The molecule has 1 saturated carbocycles. The zero-order valence-corrected chi connectivity index (χ0v) is 12.8. The Balaban J connectivity index is 2.12. The van der Waals surface area contributed by atoms with Crippen LogP contribution in [0.1, 0.15) is 52.4 Å². The molecule has 16 heavy (non-hydrogen) atoms. The third kappa shape index (κ3) is 5.18. The molecule has 1 atom stereocenters. The summed E-state index contributed by atoms with van der Waals surface area (Å²) in [6, 6.07) is 0. The van der Waals surface area contributed by atoms with E-state index in [0.29, 0.717) is 0 Å². The highest BCUT2D eigenvalue weighted by atomic mass is 79.9. The third-order valence-corrected chi connectivity index (χ3v) is 4.61. The molecule has 1 aliphatic carbocycles. The quantitative estimate of drug-likeness (QED) is 0.602. The molecule has 1 rings (SSSR count). The van der Waals surface area contributed by atoms with Crippen molar-refractivity contribution in [2.24, 2.45) is 11.8 Å². The van der Waals surface area contributed by atoms with Gasteiger partial charge in [-0.25, -0.2) is 0 Å². The second kappa shape index (κ2) is 7.71. The van der Waals surface area contributed by atoms with Crippen LogP contribution in [-0.4, -0.2) is 29.9 Å². The Hall–Kier alpha value is 0.440. The van der Waals surface area contributed by atoms with E-state index in [1.165, 1.54) is 51.6 Å². The summed E-state index contributed by atoms with van der Waals surface area (Å²) in [6.07, 6.45) is 8.28. The van der Waals surface area contributed by atoms with Gasteiger partial charge in [0.15, 0.2) is 0 Å². The Kier molecular flexibility index (Phi) is 6.98. The van der Waals surface area contributed by atoms with Crippen molar-refractivity contribution >= 4 is 15.9 Å². The Bertz CT molecular complexity index is 178. The van der Waals surface area contributed by atoms with Gasteiger partial charge in [-0.15, -0.1) is 0 Å². The fraction of sp³-hybridized carbons (Fsp3) is 1.00. The van der Waals surface area contributed by atoms with Gasteiger partial charge in [-0.1, -0.05) is 49.0 Å². The third-order valence-electron chi connectivity index (χ3n) is 3.86. The number of unbranched alkanes of at least 4 members (excludes halogenated alkanes) is 1. The molecule has 1 aliphatic rings. The maximum Gasteiger partial charge on any atom is 0.0152 e. The van der Waals surface area contributed by atoms with Gasteiger partial charge in [-0.3, -0.25) is 0 Å². The van der Waals surface area contributed by atoms with E-state index in [4.69, 9.17) is 0 Å². The van der Waals surface area contributed by atoms with Gasteiger partial charge < -0.3 is 4.90 Å². The zero-order chi connectivity index (χ0) is 12.0. The Morgan fingerprint density at radius 3 is 2.50 bits per heavy atom. The molecule has 0 spiro atoms.